The van der Waals surface area contributed by atoms with Crippen LogP contribution in [-0.4, -0.2) is 18.8 Å². The number of methoxy groups -OCH3 is 1. The fourth-order valence-electron chi connectivity index (χ4n) is 1.21. The molecule has 0 aliphatic heterocycles. The Bertz CT molecular complexity index is 317. The summed E-state index contributed by atoms with van der Waals surface area (Å²) in [4.78, 5) is 4.44. The lowest BCUT2D eigenvalue weighted by atomic mass is 10.1. The number of halogens is 1. The molecule has 1 aromatic carbocycles. The van der Waals surface area contributed by atoms with Crippen LogP contribution in [0.3, 0.4) is 0 Å². The SMILES string of the molecule is COc1c(O)ccc(Cl)c1CCON. The van der Waals surface area contributed by atoms with Gasteiger partial charge in [0.15, 0.2) is 11.5 Å². The number of hydrogen-bond donors (Lipinski definition) is 2. The maximum absolute atomic E-state index is 9.46. The van der Waals surface area contributed by atoms with Crippen molar-refractivity contribution in [1.29, 1.82) is 0 Å². The lowest BCUT2D eigenvalue weighted by molar-refractivity contribution is 0.140. The molecule has 1 aromatic rings. The van der Waals surface area contributed by atoms with E-state index in [9.17, 15) is 5.11 Å². The standard InChI is InChI=1S/C9H12ClNO3/c1-13-9-6(4-5-14-11)7(10)2-3-8(9)12/h2-3,12H,4-5,11H2,1H3. The van der Waals surface area contributed by atoms with E-state index < -0.39 is 0 Å². The highest BCUT2D eigenvalue weighted by atomic mass is 35.5. The molecule has 0 aliphatic rings. The average molecular weight is 218 g/mol. The third-order valence-corrected chi connectivity index (χ3v) is 2.21. The van der Waals surface area contributed by atoms with E-state index in [0.29, 0.717) is 29.4 Å². The number of benzene rings is 1. The summed E-state index contributed by atoms with van der Waals surface area (Å²) in [6.45, 7) is 0.319. The first-order valence-corrected chi connectivity index (χ1v) is 4.44. The average Bonchev–Trinajstić information content (AvgIpc) is 2.19. The van der Waals surface area contributed by atoms with Crippen molar-refractivity contribution in [3.05, 3.63) is 22.7 Å². The van der Waals surface area contributed by atoms with E-state index in [4.69, 9.17) is 22.2 Å². The van der Waals surface area contributed by atoms with Crippen LogP contribution in [0.25, 0.3) is 0 Å². The number of rotatable bonds is 4. The van der Waals surface area contributed by atoms with Crippen molar-refractivity contribution >= 4 is 11.6 Å². The molecule has 1 rings (SSSR count). The molecule has 0 unspecified atom stereocenters. The van der Waals surface area contributed by atoms with Crippen molar-refractivity contribution in [2.24, 2.45) is 5.90 Å². The molecule has 14 heavy (non-hydrogen) atoms. The molecule has 4 nitrogen and oxygen atoms in total. The summed E-state index contributed by atoms with van der Waals surface area (Å²) in [5.41, 5.74) is 0.694. The third-order valence-electron chi connectivity index (χ3n) is 1.86. The Morgan fingerprint density at radius 2 is 2.21 bits per heavy atom. The van der Waals surface area contributed by atoms with Crippen molar-refractivity contribution in [1.82, 2.24) is 0 Å². The Kier molecular flexibility index (Phi) is 4.00. The second kappa shape index (κ2) is 5.05. The zero-order valence-corrected chi connectivity index (χ0v) is 8.54. The summed E-state index contributed by atoms with van der Waals surface area (Å²) in [6, 6.07) is 3.08. The van der Waals surface area contributed by atoms with Crippen LogP contribution in [-0.2, 0) is 11.3 Å². The van der Waals surface area contributed by atoms with Gasteiger partial charge in [-0.1, -0.05) is 11.6 Å². The molecule has 0 amide bonds. The minimum Gasteiger partial charge on any atom is -0.504 e. The monoisotopic (exact) mass is 217 g/mol. The lowest BCUT2D eigenvalue weighted by Crippen LogP contribution is -2.05. The first-order valence-electron chi connectivity index (χ1n) is 4.06. The largest absolute Gasteiger partial charge is 0.504 e. The summed E-state index contributed by atoms with van der Waals surface area (Å²) in [5.74, 6) is 5.34. The van der Waals surface area contributed by atoms with E-state index in [1.54, 1.807) is 6.07 Å². The molecule has 0 aromatic heterocycles. The van der Waals surface area contributed by atoms with Crippen LogP contribution in [0.1, 0.15) is 5.56 Å². The van der Waals surface area contributed by atoms with Gasteiger partial charge in [0.25, 0.3) is 0 Å². The number of ether oxygens (including phenoxy) is 1. The molecule has 3 N–H and O–H groups in total. The Balaban J connectivity index is 3.03. The predicted molar refractivity (Wildman–Crippen MR) is 53.5 cm³/mol. The molecule has 0 aliphatic carbocycles. The quantitative estimate of drug-likeness (QED) is 0.750. The molecule has 0 saturated heterocycles. The molecule has 0 saturated carbocycles. The molecule has 0 atom stereocenters. The van der Waals surface area contributed by atoms with Gasteiger partial charge in [-0.2, -0.15) is 0 Å². The number of nitrogens with two attached hydrogens (primary N) is 1. The maximum Gasteiger partial charge on any atom is 0.165 e. The van der Waals surface area contributed by atoms with Gasteiger partial charge in [-0.05, 0) is 12.1 Å². The van der Waals surface area contributed by atoms with Crippen molar-refractivity contribution in [2.75, 3.05) is 13.7 Å². The van der Waals surface area contributed by atoms with Crippen molar-refractivity contribution in [3.63, 3.8) is 0 Å². The summed E-state index contributed by atoms with van der Waals surface area (Å²) < 4.78 is 5.02. The third kappa shape index (κ3) is 2.29. The molecule has 0 radical (unpaired) electrons. The fraction of sp³-hybridized carbons (Fsp3) is 0.333. The summed E-state index contributed by atoms with van der Waals surface area (Å²) >= 11 is 5.93. The van der Waals surface area contributed by atoms with Crippen LogP contribution < -0.4 is 10.6 Å². The number of hydrogen-bond acceptors (Lipinski definition) is 4. The van der Waals surface area contributed by atoms with Gasteiger partial charge in [0.1, 0.15) is 0 Å². The van der Waals surface area contributed by atoms with Crippen LogP contribution in [0.5, 0.6) is 11.5 Å². The minimum atomic E-state index is 0.0592. The van der Waals surface area contributed by atoms with Crippen molar-refractivity contribution in [3.8, 4) is 11.5 Å². The van der Waals surface area contributed by atoms with Crippen LogP contribution in [0, 0.1) is 0 Å². The van der Waals surface area contributed by atoms with Crippen LogP contribution in [0.4, 0.5) is 0 Å². The van der Waals surface area contributed by atoms with E-state index >= 15 is 0 Å². The smallest absolute Gasteiger partial charge is 0.165 e. The van der Waals surface area contributed by atoms with E-state index in [2.05, 4.69) is 4.84 Å². The first-order chi connectivity index (χ1) is 6.70. The van der Waals surface area contributed by atoms with Gasteiger partial charge in [-0.15, -0.1) is 0 Å². The fourth-order valence-corrected chi connectivity index (χ4v) is 1.46. The van der Waals surface area contributed by atoms with Gasteiger partial charge < -0.3 is 14.7 Å². The number of phenolic OH excluding ortho intramolecular Hbond substituents is 1. The molecule has 0 spiro atoms. The van der Waals surface area contributed by atoms with Crippen LogP contribution in [0.15, 0.2) is 12.1 Å². The lowest BCUT2D eigenvalue weighted by Gasteiger charge is -2.11. The summed E-state index contributed by atoms with van der Waals surface area (Å²) in [6.07, 6.45) is 0.493. The van der Waals surface area contributed by atoms with E-state index in [0.717, 1.165) is 0 Å². The Morgan fingerprint density at radius 3 is 2.79 bits per heavy atom. The molecule has 0 fully saturated rings. The van der Waals surface area contributed by atoms with Gasteiger partial charge in [-0.25, -0.2) is 5.90 Å². The van der Waals surface area contributed by atoms with Crippen molar-refractivity contribution in [2.45, 2.75) is 6.42 Å². The maximum atomic E-state index is 9.46. The van der Waals surface area contributed by atoms with Crippen LogP contribution in [0.2, 0.25) is 5.02 Å². The van der Waals surface area contributed by atoms with E-state index in [1.807, 2.05) is 0 Å². The first kappa shape index (κ1) is 11.1. The van der Waals surface area contributed by atoms with Crippen molar-refractivity contribution < 1.29 is 14.7 Å². The second-order valence-electron chi connectivity index (χ2n) is 2.70. The van der Waals surface area contributed by atoms with E-state index in [1.165, 1.54) is 13.2 Å². The minimum absolute atomic E-state index is 0.0592. The highest BCUT2D eigenvalue weighted by Gasteiger charge is 2.12. The zero-order valence-electron chi connectivity index (χ0n) is 7.79. The highest BCUT2D eigenvalue weighted by molar-refractivity contribution is 6.31. The van der Waals surface area contributed by atoms with Gasteiger partial charge in [0.05, 0.1) is 13.7 Å². The molecule has 5 heteroatoms. The predicted octanol–water partition coefficient (Wildman–Crippen LogP) is 1.49. The van der Waals surface area contributed by atoms with Gasteiger partial charge in [0.2, 0.25) is 0 Å². The zero-order chi connectivity index (χ0) is 10.6. The second-order valence-corrected chi connectivity index (χ2v) is 3.11. The van der Waals surface area contributed by atoms with Gasteiger partial charge >= 0.3 is 0 Å². The van der Waals surface area contributed by atoms with Crippen LogP contribution >= 0.6 is 11.6 Å². The van der Waals surface area contributed by atoms with E-state index in [-0.39, 0.29) is 5.75 Å². The molecular weight excluding hydrogens is 206 g/mol. The molecule has 0 bridgehead atoms. The summed E-state index contributed by atoms with van der Waals surface area (Å²) in [5, 5.41) is 9.98. The Morgan fingerprint density at radius 1 is 1.50 bits per heavy atom. The van der Waals surface area contributed by atoms with Gasteiger partial charge in [-0.3, -0.25) is 0 Å². The molecular formula is C9H12ClNO3. The Hall–Kier alpha value is -0.970. The molecule has 0 heterocycles. The summed E-state index contributed by atoms with van der Waals surface area (Å²) in [7, 11) is 1.47. The van der Waals surface area contributed by atoms with Gasteiger partial charge in [0, 0.05) is 17.0 Å². The number of phenols is 1. The molecule has 78 valence electrons. The topological polar surface area (TPSA) is 64.7 Å². The Labute approximate surface area is 87.1 Å². The number of aromatic hydroxyl groups is 1. The highest BCUT2D eigenvalue weighted by Crippen LogP contribution is 2.35. The normalized spacial score (nSPS) is 10.2.